The van der Waals surface area contributed by atoms with E-state index in [9.17, 15) is 8.42 Å². The second-order valence-corrected chi connectivity index (χ2v) is 6.05. The third-order valence-electron chi connectivity index (χ3n) is 2.74. The molecule has 1 aliphatic heterocycles. The summed E-state index contributed by atoms with van der Waals surface area (Å²) in [6, 6.07) is 9.39. The zero-order valence-corrected chi connectivity index (χ0v) is 10.1. The number of anilines is 1. The van der Waals surface area contributed by atoms with Crippen molar-refractivity contribution in [2.75, 3.05) is 11.2 Å². The fraction of sp³-hybridized carbons (Fsp3) is 0.455. The highest BCUT2D eigenvalue weighted by atomic mass is 32.2. The van der Waals surface area contributed by atoms with Crippen LogP contribution in [0.1, 0.15) is 19.8 Å². The molecule has 4 nitrogen and oxygen atoms in total. The second kappa shape index (κ2) is 4.43. The molecule has 1 saturated heterocycles. The zero-order chi connectivity index (χ0) is 11.6. The summed E-state index contributed by atoms with van der Waals surface area (Å²) >= 11 is 0. The van der Waals surface area contributed by atoms with Crippen LogP contribution in [0.3, 0.4) is 0 Å². The number of rotatable bonds is 2. The minimum atomic E-state index is -3.15. The van der Waals surface area contributed by atoms with E-state index in [1.165, 1.54) is 4.41 Å². The zero-order valence-electron chi connectivity index (χ0n) is 9.26. The maximum absolute atomic E-state index is 11.9. The van der Waals surface area contributed by atoms with E-state index >= 15 is 0 Å². The first-order valence-electron chi connectivity index (χ1n) is 5.43. The van der Waals surface area contributed by atoms with Crippen molar-refractivity contribution >= 4 is 15.7 Å². The highest BCUT2D eigenvalue weighted by molar-refractivity contribution is 7.89. The molecule has 1 fully saturated rings. The summed E-state index contributed by atoms with van der Waals surface area (Å²) in [5.74, 6) is 0.233. The fourth-order valence-electron chi connectivity index (χ4n) is 1.87. The Bertz CT molecular complexity index is 444. The molecule has 0 bridgehead atoms. The van der Waals surface area contributed by atoms with Crippen molar-refractivity contribution < 1.29 is 8.42 Å². The summed E-state index contributed by atoms with van der Waals surface area (Å²) in [6.07, 6.45) is 1.65. The molecule has 0 spiro atoms. The van der Waals surface area contributed by atoms with E-state index in [1.807, 2.05) is 37.3 Å². The molecular weight excluding hydrogens is 224 g/mol. The van der Waals surface area contributed by atoms with Crippen LogP contribution in [-0.4, -0.2) is 24.6 Å². The lowest BCUT2D eigenvalue weighted by molar-refractivity contribution is 0.344. The van der Waals surface area contributed by atoms with E-state index in [4.69, 9.17) is 0 Å². The van der Waals surface area contributed by atoms with E-state index in [1.54, 1.807) is 0 Å². The summed E-state index contributed by atoms with van der Waals surface area (Å²) in [5.41, 5.74) is 3.77. The number of nitrogens with zero attached hydrogens (tertiary/aromatic N) is 1. The molecule has 1 atom stereocenters. The molecule has 0 saturated carbocycles. The monoisotopic (exact) mass is 240 g/mol. The Morgan fingerprint density at radius 3 is 2.62 bits per heavy atom. The van der Waals surface area contributed by atoms with Crippen molar-refractivity contribution in [1.29, 1.82) is 0 Å². The number of para-hydroxylation sites is 1. The van der Waals surface area contributed by atoms with Crippen LogP contribution >= 0.6 is 0 Å². The molecule has 16 heavy (non-hydrogen) atoms. The molecule has 0 amide bonds. The highest BCUT2D eigenvalue weighted by Crippen LogP contribution is 2.21. The number of hydrogen-bond acceptors (Lipinski definition) is 3. The number of hydrazine groups is 1. The van der Waals surface area contributed by atoms with E-state index < -0.39 is 10.0 Å². The van der Waals surface area contributed by atoms with Gasteiger partial charge in [0, 0.05) is 6.04 Å². The molecule has 1 aromatic carbocycles. The van der Waals surface area contributed by atoms with Crippen LogP contribution in [0.4, 0.5) is 5.69 Å². The van der Waals surface area contributed by atoms with Crippen molar-refractivity contribution in [3.8, 4) is 0 Å². The van der Waals surface area contributed by atoms with Crippen LogP contribution in [0.2, 0.25) is 0 Å². The van der Waals surface area contributed by atoms with E-state index in [2.05, 4.69) is 5.43 Å². The molecule has 1 aromatic rings. The standard InChI is InChI=1S/C11H16N2O2S/c1-10-6-5-9-16(14,15)13(10)12-11-7-3-2-4-8-11/h2-4,7-8,10,12H,5-6,9H2,1H3. The number of nitrogens with one attached hydrogen (secondary N) is 1. The fourth-order valence-corrected chi connectivity index (χ4v) is 3.50. The first-order chi connectivity index (χ1) is 7.59. The highest BCUT2D eigenvalue weighted by Gasteiger charge is 2.31. The Balaban J connectivity index is 2.19. The minimum absolute atomic E-state index is 0.0129. The average molecular weight is 240 g/mol. The van der Waals surface area contributed by atoms with Gasteiger partial charge in [-0.25, -0.2) is 8.42 Å². The Hall–Kier alpha value is -1.07. The van der Waals surface area contributed by atoms with Gasteiger partial charge in [0.25, 0.3) is 0 Å². The van der Waals surface area contributed by atoms with Crippen molar-refractivity contribution in [3.63, 3.8) is 0 Å². The van der Waals surface area contributed by atoms with E-state index in [-0.39, 0.29) is 11.8 Å². The molecule has 0 radical (unpaired) electrons. The van der Waals surface area contributed by atoms with Crippen LogP contribution in [-0.2, 0) is 10.0 Å². The van der Waals surface area contributed by atoms with Crippen molar-refractivity contribution in [2.45, 2.75) is 25.8 Å². The molecule has 1 aliphatic rings. The van der Waals surface area contributed by atoms with Gasteiger partial charge in [0.15, 0.2) is 0 Å². The molecule has 1 heterocycles. The summed E-state index contributed by atoms with van der Waals surface area (Å²) in [4.78, 5) is 0. The van der Waals surface area contributed by atoms with Gasteiger partial charge in [-0.3, -0.25) is 0 Å². The Morgan fingerprint density at radius 1 is 1.31 bits per heavy atom. The van der Waals surface area contributed by atoms with Crippen LogP contribution in [0.15, 0.2) is 30.3 Å². The number of hydrogen-bond donors (Lipinski definition) is 1. The minimum Gasteiger partial charge on any atom is -0.305 e. The quantitative estimate of drug-likeness (QED) is 0.858. The van der Waals surface area contributed by atoms with Gasteiger partial charge in [0.05, 0.1) is 11.4 Å². The third kappa shape index (κ3) is 2.36. The SMILES string of the molecule is CC1CCCS(=O)(=O)N1Nc1ccccc1. The first-order valence-corrected chi connectivity index (χ1v) is 7.04. The maximum Gasteiger partial charge on any atom is 0.231 e. The van der Waals surface area contributed by atoms with Gasteiger partial charge in [-0.2, -0.15) is 0 Å². The van der Waals surface area contributed by atoms with Gasteiger partial charge in [-0.1, -0.05) is 18.2 Å². The summed E-state index contributed by atoms with van der Waals surface area (Å²) in [7, 11) is -3.15. The summed E-state index contributed by atoms with van der Waals surface area (Å²) in [5, 5.41) is 0. The largest absolute Gasteiger partial charge is 0.305 e. The second-order valence-electron chi connectivity index (χ2n) is 4.08. The molecule has 1 unspecified atom stereocenters. The van der Waals surface area contributed by atoms with E-state index in [0.717, 1.165) is 18.5 Å². The number of benzene rings is 1. The molecule has 88 valence electrons. The van der Waals surface area contributed by atoms with Crippen molar-refractivity contribution in [3.05, 3.63) is 30.3 Å². The van der Waals surface area contributed by atoms with Gasteiger partial charge in [0.1, 0.15) is 0 Å². The predicted molar refractivity (Wildman–Crippen MR) is 64.4 cm³/mol. The lowest BCUT2D eigenvalue weighted by Crippen LogP contribution is -2.47. The average Bonchev–Trinajstić information content (AvgIpc) is 2.25. The maximum atomic E-state index is 11.9. The first kappa shape index (κ1) is 11.4. The van der Waals surface area contributed by atoms with Gasteiger partial charge in [-0.15, -0.1) is 4.41 Å². The normalized spacial score (nSPS) is 25.2. The van der Waals surface area contributed by atoms with Crippen molar-refractivity contribution in [2.24, 2.45) is 0 Å². The smallest absolute Gasteiger partial charge is 0.231 e. The lowest BCUT2D eigenvalue weighted by atomic mass is 10.2. The van der Waals surface area contributed by atoms with Crippen LogP contribution in [0.5, 0.6) is 0 Å². The van der Waals surface area contributed by atoms with Gasteiger partial charge < -0.3 is 5.43 Å². The summed E-state index contributed by atoms with van der Waals surface area (Å²) in [6.45, 7) is 1.92. The Kier molecular flexibility index (Phi) is 3.16. The molecular formula is C11H16N2O2S. The Labute approximate surface area is 96.3 Å². The predicted octanol–water partition coefficient (Wildman–Crippen LogP) is 1.83. The third-order valence-corrected chi connectivity index (χ3v) is 4.59. The van der Waals surface area contributed by atoms with Gasteiger partial charge >= 0.3 is 0 Å². The van der Waals surface area contributed by atoms with Crippen LogP contribution in [0.25, 0.3) is 0 Å². The molecule has 0 aliphatic carbocycles. The molecule has 1 N–H and O–H groups in total. The van der Waals surface area contributed by atoms with Crippen LogP contribution < -0.4 is 5.43 Å². The molecule has 0 aromatic heterocycles. The van der Waals surface area contributed by atoms with E-state index in [0.29, 0.717) is 0 Å². The molecule has 2 rings (SSSR count). The van der Waals surface area contributed by atoms with Gasteiger partial charge in [0.2, 0.25) is 10.0 Å². The van der Waals surface area contributed by atoms with Crippen LogP contribution in [0, 0.1) is 0 Å². The Morgan fingerprint density at radius 2 is 2.00 bits per heavy atom. The topological polar surface area (TPSA) is 49.4 Å². The van der Waals surface area contributed by atoms with Crippen molar-refractivity contribution in [1.82, 2.24) is 4.41 Å². The molecule has 5 heteroatoms. The van der Waals surface area contributed by atoms with Gasteiger partial charge in [-0.05, 0) is 31.9 Å². The number of sulfonamides is 1. The lowest BCUT2D eigenvalue weighted by Gasteiger charge is -2.33. The summed E-state index contributed by atoms with van der Waals surface area (Å²) < 4.78 is 25.1.